The average Bonchev–Trinajstić information content (AvgIpc) is 2.42. The quantitative estimate of drug-likeness (QED) is 0.333. The highest BCUT2D eigenvalue weighted by Gasteiger charge is 2.23. The molecular weight excluding hydrogens is 260 g/mol. The second-order valence-corrected chi connectivity index (χ2v) is 5.74. The van der Waals surface area contributed by atoms with Gasteiger partial charge in [0.05, 0.1) is 0 Å². The van der Waals surface area contributed by atoms with Crippen LogP contribution in [0.3, 0.4) is 0 Å². The number of aromatic nitrogens is 2. The molecule has 2 unspecified atom stereocenters. The first-order valence-corrected chi connectivity index (χ1v) is 7.71. The predicted octanol–water partition coefficient (Wildman–Crippen LogP) is 1.38. The molecule has 1 aromatic heterocycles. The molecule has 19 heavy (non-hydrogen) atoms. The lowest BCUT2D eigenvalue weighted by Crippen LogP contribution is -2.42. The molecule has 6 nitrogen and oxygen atoms in total. The summed E-state index contributed by atoms with van der Waals surface area (Å²) in [5.41, 5.74) is 2.58. The van der Waals surface area contributed by atoms with Crippen molar-refractivity contribution in [2.24, 2.45) is 5.84 Å². The molecule has 0 saturated carbocycles. The van der Waals surface area contributed by atoms with E-state index in [9.17, 15) is 0 Å². The lowest BCUT2D eigenvalue weighted by Gasteiger charge is -2.35. The smallest absolute Gasteiger partial charge is 0.191 e. The highest BCUT2D eigenvalue weighted by atomic mass is 32.2. The zero-order chi connectivity index (χ0) is 13.8. The van der Waals surface area contributed by atoms with Gasteiger partial charge in [-0.3, -0.25) is 0 Å². The Hall–Kier alpha value is -1.05. The van der Waals surface area contributed by atoms with E-state index in [1.807, 2.05) is 12.3 Å². The molecule has 0 aliphatic carbocycles. The Morgan fingerprint density at radius 3 is 2.79 bits per heavy atom. The molecule has 0 bridgehead atoms. The Kier molecular flexibility index (Phi) is 4.84. The average molecular weight is 282 g/mol. The van der Waals surface area contributed by atoms with Gasteiger partial charge in [-0.25, -0.2) is 15.8 Å². The van der Waals surface area contributed by atoms with Crippen molar-refractivity contribution in [2.75, 3.05) is 30.6 Å². The number of nitrogens with one attached hydrogen (secondary N) is 2. The molecule has 1 aromatic rings. The SMILES string of the molecule is CSc1nc(NN)cc(NC2CCN(C)C(C)C2)n1. The highest BCUT2D eigenvalue weighted by molar-refractivity contribution is 7.98. The van der Waals surface area contributed by atoms with Gasteiger partial charge in [0.1, 0.15) is 11.6 Å². The van der Waals surface area contributed by atoms with Gasteiger partial charge in [0.2, 0.25) is 0 Å². The minimum Gasteiger partial charge on any atom is -0.367 e. The summed E-state index contributed by atoms with van der Waals surface area (Å²) in [6.45, 7) is 3.37. The van der Waals surface area contributed by atoms with Crippen molar-refractivity contribution < 1.29 is 0 Å². The second-order valence-electron chi connectivity index (χ2n) is 4.96. The number of rotatable bonds is 4. The molecule has 1 aliphatic heterocycles. The zero-order valence-electron chi connectivity index (χ0n) is 11.7. The topological polar surface area (TPSA) is 79.1 Å². The van der Waals surface area contributed by atoms with E-state index in [-0.39, 0.29) is 0 Å². The Bertz CT molecular complexity index is 404. The second kappa shape index (κ2) is 6.40. The van der Waals surface area contributed by atoms with Gasteiger partial charge in [-0.2, -0.15) is 0 Å². The fraction of sp³-hybridized carbons (Fsp3) is 0.667. The molecular formula is C12H22N6S. The van der Waals surface area contributed by atoms with Crippen LogP contribution in [0.2, 0.25) is 0 Å². The number of thioether (sulfide) groups is 1. The van der Waals surface area contributed by atoms with Crippen molar-refractivity contribution in [3.05, 3.63) is 6.07 Å². The summed E-state index contributed by atoms with van der Waals surface area (Å²) in [6.07, 6.45) is 4.21. The number of anilines is 2. The number of nitrogens with two attached hydrogens (primary N) is 1. The third-order valence-corrected chi connectivity index (χ3v) is 4.14. The molecule has 0 spiro atoms. The van der Waals surface area contributed by atoms with Crippen LogP contribution in [0.4, 0.5) is 11.6 Å². The number of hydrazine groups is 1. The standard InChI is InChI=1S/C12H22N6S/c1-8-6-9(4-5-18(8)2)14-10-7-11(17-13)16-12(15-10)19-3/h7-9H,4-6,13H2,1-3H3,(H2,14,15,16,17). The van der Waals surface area contributed by atoms with Crippen molar-refractivity contribution in [2.45, 2.75) is 37.0 Å². The van der Waals surface area contributed by atoms with Crippen molar-refractivity contribution in [1.29, 1.82) is 0 Å². The molecule has 0 amide bonds. The van der Waals surface area contributed by atoms with Gasteiger partial charge in [-0.15, -0.1) is 0 Å². The molecule has 0 aromatic carbocycles. The van der Waals surface area contributed by atoms with Gasteiger partial charge in [0.15, 0.2) is 5.16 Å². The maximum absolute atomic E-state index is 5.43. The van der Waals surface area contributed by atoms with Crippen LogP contribution < -0.4 is 16.6 Å². The van der Waals surface area contributed by atoms with Crippen molar-refractivity contribution in [3.63, 3.8) is 0 Å². The van der Waals surface area contributed by atoms with Crippen LogP contribution in [0, 0.1) is 0 Å². The van der Waals surface area contributed by atoms with Crippen LogP contribution in [-0.4, -0.2) is 46.8 Å². The summed E-state index contributed by atoms with van der Waals surface area (Å²) < 4.78 is 0. The molecule has 1 fully saturated rings. The Morgan fingerprint density at radius 2 is 2.16 bits per heavy atom. The summed E-state index contributed by atoms with van der Waals surface area (Å²) >= 11 is 1.51. The normalized spacial score (nSPS) is 24.2. The van der Waals surface area contributed by atoms with Crippen LogP contribution in [0.1, 0.15) is 19.8 Å². The summed E-state index contributed by atoms with van der Waals surface area (Å²) in [6, 6.07) is 2.91. The van der Waals surface area contributed by atoms with Crippen molar-refractivity contribution >= 4 is 23.4 Å². The zero-order valence-corrected chi connectivity index (χ0v) is 12.5. The Balaban J connectivity index is 2.06. The van der Waals surface area contributed by atoms with Gasteiger partial charge >= 0.3 is 0 Å². The predicted molar refractivity (Wildman–Crippen MR) is 80.4 cm³/mol. The molecule has 106 valence electrons. The summed E-state index contributed by atoms with van der Waals surface area (Å²) in [4.78, 5) is 11.1. The number of piperidine rings is 1. The van der Waals surface area contributed by atoms with Crippen LogP contribution in [-0.2, 0) is 0 Å². The molecule has 4 N–H and O–H groups in total. The number of hydrogen-bond donors (Lipinski definition) is 3. The van der Waals surface area contributed by atoms with Crippen LogP contribution in [0.5, 0.6) is 0 Å². The number of hydrogen-bond acceptors (Lipinski definition) is 7. The van der Waals surface area contributed by atoms with E-state index in [2.05, 4.69) is 39.6 Å². The largest absolute Gasteiger partial charge is 0.367 e. The van der Waals surface area contributed by atoms with E-state index >= 15 is 0 Å². The lowest BCUT2D eigenvalue weighted by atomic mass is 9.99. The first kappa shape index (κ1) is 14.4. The fourth-order valence-corrected chi connectivity index (χ4v) is 2.67. The van der Waals surface area contributed by atoms with E-state index < -0.39 is 0 Å². The minimum absolute atomic E-state index is 0.460. The minimum atomic E-state index is 0.460. The van der Waals surface area contributed by atoms with Crippen molar-refractivity contribution in [3.8, 4) is 0 Å². The van der Waals surface area contributed by atoms with Crippen LogP contribution in [0.15, 0.2) is 11.2 Å². The molecule has 0 radical (unpaired) electrons. The molecule has 1 aliphatic rings. The van der Waals surface area contributed by atoms with Crippen LogP contribution >= 0.6 is 11.8 Å². The third-order valence-electron chi connectivity index (χ3n) is 3.60. The number of nitrogen functional groups attached to an aromatic ring is 1. The van der Waals surface area contributed by atoms with Gasteiger partial charge in [-0.05, 0) is 33.1 Å². The summed E-state index contributed by atoms with van der Waals surface area (Å²) in [5, 5.41) is 4.22. The molecule has 2 heterocycles. The maximum Gasteiger partial charge on any atom is 0.191 e. The first-order valence-electron chi connectivity index (χ1n) is 6.49. The fourth-order valence-electron chi connectivity index (χ4n) is 2.29. The third kappa shape index (κ3) is 3.71. The maximum atomic E-state index is 5.43. The van der Waals surface area contributed by atoms with E-state index in [4.69, 9.17) is 5.84 Å². The monoisotopic (exact) mass is 282 g/mol. The first-order chi connectivity index (χ1) is 9.12. The summed E-state index contributed by atoms with van der Waals surface area (Å²) in [7, 11) is 2.17. The van der Waals surface area contributed by atoms with E-state index in [0.717, 1.165) is 30.4 Å². The van der Waals surface area contributed by atoms with E-state index in [1.165, 1.54) is 11.8 Å². The van der Waals surface area contributed by atoms with E-state index in [0.29, 0.717) is 17.9 Å². The highest BCUT2D eigenvalue weighted by Crippen LogP contribution is 2.21. The van der Waals surface area contributed by atoms with E-state index in [1.54, 1.807) is 0 Å². The van der Waals surface area contributed by atoms with Gasteiger partial charge in [0.25, 0.3) is 0 Å². The molecule has 2 rings (SSSR count). The number of nitrogens with zero attached hydrogens (tertiary/aromatic N) is 3. The molecule has 1 saturated heterocycles. The number of likely N-dealkylation sites (tertiary alicyclic amines) is 1. The van der Waals surface area contributed by atoms with Gasteiger partial charge < -0.3 is 15.6 Å². The van der Waals surface area contributed by atoms with Crippen molar-refractivity contribution in [1.82, 2.24) is 14.9 Å². The Labute approximate surface area is 118 Å². The Morgan fingerprint density at radius 1 is 1.42 bits per heavy atom. The molecule has 2 atom stereocenters. The van der Waals surface area contributed by atoms with Crippen LogP contribution in [0.25, 0.3) is 0 Å². The summed E-state index contributed by atoms with van der Waals surface area (Å²) in [5.74, 6) is 6.91. The van der Waals surface area contributed by atoms with Gasteiger partial charge in [0, 0.05) is 24.7 Å². The molecule has 7 heteroatoms. The lowest BCUT2D eigenvalue weighted by molar-refractivity contribution is 0.190. The van der Waals surface area contributed by atoms with Gasteiger partial charge in [-0.1, -0.05) is 11.8 Å².